The maximum atomic E-state index is 9.87. The van der Waals surface area contributed by atoms with Crippen molar-refractivity contribution in [2.45, 2.75) is 43.5 Å². The highest BCUT2D eigenvalue weighted by Crippen LogP contribution is 2.38. The smallest absolute Gasteiger partial charge is 0.0744 e. The zero-order valence-electron chi connectivity index (χ0n) is 7.81. The first-order chi connectivity index (χ1) is 5.43. The highest BCUT2D eigenvalue weighted by Gasteiger charge is 2.36. The van der Waals surface area contributed by atoms with Gasteiger partial charge in [-0.05, 0) is 39.0 Å². The molecule has 70 valence electrons. The second-order valence-corrected chi connectivity index (χ2v) is 5.25. The summed E-state index contributed by atoms with van der Waals surface area (Å²) in [6.07, 6.45) is 2.97. The standard InChI is InChI=1S/C10H17BrO/c1-7(2)8-4-5-10(3,12)9(11)6-8/h8-9,12H,1,4-6H2,2-3H3. The summed E-state index contributed by atoms with van der Waals surface area (Å²) in [6.45, 7) is 7.94. The number of hydrogen-bond acceptors (Lipinski definition) is 1. The molecule has 0 aliphatic heterocycles. The van der Waals surface area contributed by atoms with Crippen LogP contribution < -0.4 is 0 Å². The molecule has 0 saturated heterocycles. The van der Waals surface area contributed by atoms with Crippen LogP contribution in [0.5, 0.6) is 0 Å². The Bertz CT molecular complexity index is 186. The molecule has 12 heavy (non-hydrogen) atoms. The SMILES string of the molecule is C=C(C)C1CCC(C)(O)C(Br)C1. The van der Waals surface area contributed by atoms with E-state index in [0.717, 1.165) is 19.3 Å². The molecule has 1 nitrogen and oxygen atoms in total. The van der Waals surface area contributed by atoms with E-state index in [0.29, 0.717) is 5.92 Å². The van der Waals surface area contributed by atoms with E-state index in [2.05, 4.69) is 29.4 Å². The van der Waals surface area contributed by atoms with Gasteiger partial charge in [0.1, 0.15) is 0 Å². The van der Waals surface area contributed by atoms with Gasteiger partial charge in [-0.15, -0.1) is 0 Å². The monoisotopic (exact) mass is 232 g/mol. The molecule has 3 atom stereocenters. The molecular formula is C10H17BrO. The van der Waals surface area contributed by atoms with Gasteiger partial charge in [0.2, 0.25) is 0 Å². The minimum absolute atomic E-state index is 0.223. The Kier molecular flexibility index (Phi) is 3.00. The van der Waals surface area contributed by atoms with Crippen LogP contribution in [-0.4, -0.2) is 15.5 Å². The predicted octanol–water partition coefficient (Wildman–Crippen LogP) is 2.88. The third-order valence-corrected chi connectivity index (χ3v) is 4.22. The van der Waals surface area contributed by atoms with Crippen LogP contribution in [0, 0.1) is 5.92 Å². The van der Waals surface area contributed by atoms with E-state index in [1.54, 1.807) is 0 Å². The van der Waals surface area contributed by atoms with Crippen molar-refractivity contribution >= 4 is 15.9 Å². The Hall–Kier alpha value is 0.180. The summed E-state index contributed by atoms with van der Waals surface area (Å²) in [5.41, 5.74) is 0.723. The molecule has 1 aliphatic carbocycles. The number of alkyl halides is 1. The van der Waals surface area contributed by atoms with Crippen molar-refractivity contribution in [1.29, 1.82) is 0 Å². The Balaban J connectivity index is 2.58. The van der Waals surface area contributed by atoms with Gasteiger partial charge < -0.3 is 5.11 Å². The Morgan fingerprint density at radius 2 is 2.25 bits per heavy atom. The number of halogens is 1. The van der Waals surface area contributed by atoms with Crippen LogP contribution >= 0.6 is 15.9 Å². The number of allylic oxidation sites excluding steroid dienone is 1. The highest BCUT2D eigenvalue weighted by atomic mass is 79.9. The third-order valence-electron chi connectivity index (χ3n) is 2.86. The quantitative estimate of drug-likeness (QED) is 0.545. The van der Waals surface area contributed by atoms with E-state index in [-0.39, 0.29) is 4.83 Å². The van der Waals surface area contributed by atoms with Gasteiger partial charge in [-0.2, -0.15) is 0 Å². The second kappa shape index (κ2) is 3.51. The van der Waals surface area contributed by atoms with Crippen molar-refractivity contribution in [2.75, 3.05) is 0 Å². The van der Waals surface area contributed by atoms with Crippen molar-refractivity contribution in [3.63, 3.8) is 0 Å². The van der Waals surface area contributed by atoms with Crippen molar-refractivity contribution in [2.24, 2.45) is 5.92 Å². The van der Waals surface area contributed by atoms with Gasteiger partial charge in [0.25, 0.3) is 0 Å². The van der Waals surface area contributed by atoms with Gasteiger partial charge in [0, 0.05) is 4.83 Å². The van der Waals surface area contributed by atoms with Crippen LogP contribution in [0.4, 0.5) is 0 Å². The minimum Gasteiger partial charge on any atom is -0.389 e. The van der Waals surface area contributed by atoms with Crippen LogP contribution in [0.3, 0.4) is 0 Å². The lowest BCUT2D eigenvalue weighted by atomic mass is 9.77. The van der Waals surface area contributed by atoms with Crippen molar-refractivity contribution < 1.29 is 5.11 Å². The Morgan fingerprint density at radius 3 is 2.67 bits per heavy atom. The summed E-state index contributed by atoms with van der Waals surface area (Å²) in [7, 11) is 0. The molecule has 0 aromatic carbocycles. The topological polar surface area (TPSA) is 20.2 Å². The fourth-order valence-corrected chi connectivity index (χ4v) is 2.37. The third kappa shape index (κ3) is 2.11. The Morgan fingerprint density at radius 1 is 1.67 bits per heavy atom. The van der Waals surface area contributed by atoms with Gasteiger partial charge in [-0.25, -0.2) is 0 Å². The average Bonchev–Trinajstić information content (AvgIpc) is 1.94. The summed E-state index contributed by atoms with van der Waals surface area (Å²) in [5.74, 6) is 0.592. The van der Waals surface area contributed by atoms with Gasteiger partial charge in [0.15, 0.2) is 0 Å². The van der Waals surface area contributed by atoms with Gasteiger partial charge in [-0.3, -0.25) is 0 Å². The molecule has 2 heteroatoms. The summed E-state index contributed by atoms with van der Waals surface area (Å²) in [5, 5.41) is 9.87. The molecule has 1 fully saturated rings. The molecule has 0 radical (unpaired) electrons. The van der Waals surface area contributed by atoms with E-state index in [4.69, 9.17) is 0 Å². The summed E-state index contributed by atoms with van der Waals surface area (Å²) < 4.78 is 0. The zero-order valence-corrected chi connectivity index (χ0v) is 9.39. The highest BCUT2D eigenvalue weighted by molar-refractivity contribution is 9.09. The van der Waals surface area contributed by atoms with Crippen LogP contribution in [0.1, 0.15) is 33.1 Å². The number of hydrogen-bond donors (Lipinski definition) is 1. The minimum atomic E-state index is -0.522. The first-order valence-electron chi connectivity index (χ1n) is 4.45. The molecular weight excluding hydrogens is 216 g/mol. The molecule has 1 aliphatic rings. The van der Waals surface area contributed by atoms with Crippen LogP contribution in [0.15, 0.2) is 12.2 Å². The molecule has 3 unspecified atom stereocenters. The number of aliphatic hydroxyl groups is 1. The van der Waals surface area contributed by atoms with E-state index >= 15 is 0 Å². The summed E-state index contributed by atoms with van der Waals surface area (Å²) >= 11 is 3.53. The van der Waals surface area contributed by atoms with E-state index in [9.17, 15) is 5.11 Å². The largest absolute Gasteiger partial charge is 0.389 e. The van der Waals surface area contributed by atoms with Gasteiger partial charge in [-0.1, -0.05) is 28.1 Å². The molecule has 1 N–H and O–H groups in total. The van der Waals surface area contributed by atoms with Crippen molar-refractivity contribution in [3.05, 3.63) is 12.2 Å². The molecule has 0 aromatic heterocycles. The maximum absolute atomic E-state index is 9.87. The van der Waals surface area contributed by atoms with Gasteiger partial charge >= 0.3 is 0 Å². The Labute approximate surface area is 83.0 Å². The fraction of sp³-hybridized carbons (Fsp3) is 0.800. The first-order valence-corrected chi connectivity index (χ1v) is 5.37. The molecule has 1 saturated carbocycles. The average molecular weight is 233 g/mol. The molecule has 0 heterocycles. The lowest BCUT2D eigenvalue weighted by Gasteiger charge is -2.38. The fourth-order valence-electron chi connectivity index (χ4n) is 1.69. The lowest BCUT2D eigenvalue weighted by molar-refractivity contribution is 0.0215. The van der Waals surface area contributed by atoms with E-state index in [1.165, 1.54) is 5.57 Å². The zero-order chi connectivity index (χ0) is 9.35. The maximum Gasteiger partial charge on any atom is 0.0744 e. The molecule has 0 bridgehead atoms. The van der Waals surface area contributed by atoms with Gasteiger partial charge in [0.05, 0.1) is 5.60 Å². The van der Waals surface area contributed by atoms with Crippen LogP contribution in [-0.2, 0) is 0 Å². The van der Waals surface area contributed by atoms with E-state index < -0.39 is 5.60 Å². The van der Waals surface area contributed by atoms with Crippen molar-refractivity contribution in [3.8, 4) is 0 Å². The summed E-state index contributed by atoms with van der Waals surface area (Å²) in [4.78, 5) is 0.223. The normalized spacial score (nSPS) is 42.7. The lowest BCUT2D eigenvalue weighted by Crippen LogP contribution is -2.41. The molecule has 0 spiro atoms. The first kappa shape index (κ1) is 10.3. The van der Waals surface area contributed by atoms with E-state index in [1.807, 2.05) is 6.92 Å². The molecule has 0 aromatic rings. The summed E-state index contributed by atoms with van der Waals surface area (Å²) in [6, 6.07) is 0. The predicted molar refractivity (Wildman–Crippen MR) is 55.5 cm³/mol. The molecule has 1 rings (SSSR count). The van der Waals surface area contributed by atoms with Crippen molar-refractivity contribution in [1.82, 2.24) is 0 Å². The number of rotatable bonds is 1. The molecule has 0 amide bonds. The van der Waals surface area contributed by atoms with Crippen LogP contribution in [0.2, 0.25) is 0 Å². The van der Waals surface area contributed by atoms with Crippen LogP contribution in [0.25, 0.3) is 0 Å². The second-order valence-electron chi connectivity index (χ2n) is 4.14.